The van der Waals surface area contributed by atoms with Crippen molar-refractivity contribution in [3.8, 4) is 0 Å². The van der Waals surface area contributed by atoms with Crippen LogP contribution in [0, 0.1) is 0 Å². The molecule has 1 rings (SSSR count). The van der Waals surface area contributed by atoms with E-state index in [4.69, 9.17) is 15.7 Å². The minimum absolute atomic E-state index is 0.0740. The molecule has 0 atom stereocenters. The van der Waals surface area contributed by atoms with Crippen LogP contribution in [-0.4, -0.2) is 17.0 Å². The number of hydrogen-bond acceptors (Lipinski definition) is 5. The van der Waals surface area contributed by atoms with Gasteiger partial charge in [0.1, 0.15) is 0 Å². The van der Waals surface area contributed by atoms with Crippen molar-refractivity contribution in [3.63, 3.8) is 0 Å². The summed E-state index contributed by atoms with van der Waals surface area (Å²) < 4.78 is 0. The fraction of sp³-hybridized carbons (Fsp3) is 0.429. The number of carbonyl (C=O) groups is 2. The lowest BCUT2D eigenvalue weighted by atomic mass is 10.1. The van der Waals surface area contributed by atoms with Crippen molar-refractivity contribution in [2.75, 3.05) is 0 Å². The zero-order valence-electron chi connectivity index (χ0n) is 11.3. The molecule has 1 aromatic carbocycles. The van der Waals surface area contributed by atoms with Gasteiger partial charge in [-0.25, -0.2) is 0 Å². The fourth-order valence-electron chi connectivity index (χ4n) is 1.72. The van der Waals surface area contributed by atoms with Gasteiger partial charge in [-0.1, -0.05) is 24.3 Å². The molecule has 6 heteroatoms. The first kappa shape index (κ1) is 16.1. The summed E-state index contributed by atoms with van der Waals surface area (Å²) in [4.78, 5) is 26.5. The number of rotatable bonds is 9. The summed E-state index contributed by atoms with van der Waals surface area (Å²) in [7, 11) is 0. The molecule has 0 radical (unpaired) electrons. The van der Waals surface area contributed by atoms with Gasteiger partial charge < -0.3 is 15.7 Å². The molecule has 0 saturated heterocycles. The summed E-state index contributed by atoms with van der Waals surface area (Å²) in [6, 6.07) is 7.63. The maximum Gasteiger partial charge on any atom is 0.324 e. The van der Waals surface area contributed by atoms with E-state index < -0.39 is 5.97 Å². The molecule has 110 valence electrons. The van der Waals surface area contributed by atoms with Gasteiger partial charge in [0.15, 0.2) is 0 Å². The van der Waals surface area contributed by atoms with E-state index in [0.29, 0.717) is 25.9 Å². The number of hydrogen-bond donors (Lipinski definition) is 3. The molecule has 0 aromatic heterocycles. The van der Waals surface area contributed by atoms with Crippen molar-refractivity contribution in [3.05, 3.63) is 35.4 Å². The molecule has 4 N–H and O–H groups in total. The van der Waals surface area contributed by atoms with Gasteiger partial charge in [-0.15, -0.1) is 5.48 Å². The van der Waals surface area contributed by atoms with Gasteiger partial charge in [0.05, 0.1) is 6.54 Å². The molecule has 6 nitrogen and oxygen atoms in total. The molecule has 0 aliphatic heterocycles. The number of unbranched alkanes of at least 4 members (excludes halogenated alkanes) is 1. The van der Waals surface area contributed by atoms with E-state index in [1.165, 1.54) is 0 Å². The third kappa shape index (κ3) is 6.31. The molecule has 0 aliphatic rings. The molecular formula is C14H20N2O4. The van der Waals surface area contributed by atoms with Crippen LogP contribution < -0.4 is 11.2 Å². The van der Waals surface area contributed by atoms with Crippen molar-refractivity contribution in [2.45, 2.75) is 38.8 Å². The van der Waals surface area contributed by atoms with Crippen molar-refractivity contribution < 1.29 is 19.5 Å². The second kappa shape index (κ2) is 9.06. The Balaban J connectivity index is 2.20. The zero-order chi connectivity index (χ0) is 14.8. The molecule has 0 aliphatic carbocycles. The Morgan fingerprint density at radius 2 is 1.80 bits per heavy atom. The van der Waals surface area contributed by atoms with Crippen LogP contribution in [0.1, 0.15) is 36.8 Å². The third-order valence-electron chi connectivity index (χ3n) is 2.81. The van der Waals surface area contributed by atoms with Crippen molar-refractivity contribution in [2.24, 2.45) is 5.73 Å². The lowest BCUT2D eigenvalue weighted by Gasteiger charge is -2.09. The monoisotopic (exact) mass is 280 g/mol. The molecule has 0 bridgehead atoms. The second-order valence-electron chi connectivity index (χ2n) is 4.37. The highest BCUT2D eigenvalue weighted by molar-refractivity contribution is 5.69. The SMILES string of the molecule is NCc1ccccc1CNOC(=O)CCCCC(=O)O. The van der Waals surface area contributed by atoms with Crippen LogP contribution >= 0.6 is 0 Å². The van der Waals surface area contributed by atoms with E-state index in [-0.39, 0.29) is 18.8 Å². The number of nitrogens with two attached hydrogens (primary N) is 1. The molecule has 0 heterocycles. The number of carboxylic acids is 1. The Hall–Kier alpha value is -1.92. The lowest BCUT2D eigenvalue weighted by Crippen LogP contribution is -2.20. The largest absolute Gasteiger partial charge is 0.481 e. The Bertz CT molecular complexity index is 449. The van der Waals surface area contributed by atoms with E-state index in [0.717, 1.165) is 11.1 Å². The highest BCUT2D eigenvalue weighted by Gasteiger charge is 2.05. The van der Waals surface area contributed by atoms with Crippen LogP contribution in [0.25, 0.3) is 0 Å². The van der Waals surface area contributed by atoms with Gasteiger partial charge in [-0.3, -0.25) is 9.59 Å². The summed E-state index contributed by atoms with van der Waals surface area (Å²) in [5, 5.41) is 8.46. The smallest absolute Gasteiger partial charge is 0.324 e. The minimum Gasteiger partial charge on any atom is -0.481 e. The summed E-state index contributed by atoms with van der Waals surface area (Å²) in [6.07, 6.45) is 1.26. The fourth-order valence-corrected chi connectivity index (χ4v) is 1.72. The van der Waals surface area contributed by atoms with Crippen molar-refractivity contribution in [1.82, 2.24) is 5.48 Å². The molecule has 0 amide bonds. The van der Waals surface area contributed by atoms with Crippen LogP contribution in [-0.2, 0) is 27.5 Å². The van der Waals surface area contributed by atoms with Gasteiger partial charge in [0.25, 0.3) is 0 Å². The van der Waals surface area contributed by atoms with Crippen LogP contribution in [0.2, 0.25) is 0 Å². The molecule has 1 aromatic rings. The summed E-state index contributed by atoms with van der Waals surface area (Å²) in [5.41, 5.74) is 10.2. The van der Waals surface area contributed by atoms with E-state index in [2.05, 4.69) is 5.48 Å². The second-order valence-corrected chi connectivity index (χ2v) is 4.37. The topological polar surface area (TPSA) is 102 Å². The number of aliphatic carboxylic acids is 1. The van der Waals surface area contributed by atoms with Gasteiger partial charge in [0, 0.05) is 19.4 Å². The molecule has 20 heavy (non-hydrogen) atoms. The number of nitrogens with one attached hydrogen (secondary N) is 1. The average molecular weight is 280 g/mol. The minimum atomic E-state index is -0.852. The summed E-state index contributed by atoms with van der Waals surface area (Å²) in [5.74, 6) is -1.24. The third-order valence-corrected chi connectivity index (χ3v) is 2.81. The molecule has 0 unspecified atom stereocenters. The van der Waals surface area contributed by atoms with Crippen LogP contribution in [0.15, 0.2) is 24.3 Å². The first-order valence-electron chi connectivity index (χ1n) is 6.54. The number of benzene rings is 1. The van der Waals surface area contributed by atoms with Gasteiger partial charge in [0.2, 0.25) is 0 Å². The lowest BCUT2D eigenvalue weighted by molar-refractivity contribution is -0.152. The van der Waals surface area contributed by atoms with E-state index in [9.17, 15) is 9.59 Å². The zero-order valence-corrected chi connectivity index (χ0v) is 11.3. The first-order chi connectivity index (χ1) is 9.63. The van der Waals surface area contributed by atoms with Crippen LogP contribution in [0.5, 0.6) is 0 Å². The molecule has 0 saturated carbocycles. The summed E-state index contributed by atoms with van der Waals surface area (Å²) >= 11 is 0. The van der Waals surface area contributed by atoms with Crippen molar-refractivity contribution >= 4 is 11.9 Å². The van der Waals surface area contributed by atoms with E-state index >= 15 is 0 Å². The standard InChI is InChI=1S/C14H20N2O4/c15-9-11-5-1-2-6-12(11)10-16-20-14(19)8-4-3-7-13(17)18/h1-2,5-6,16H,3-4,7-10,15H2,(H,17,18). The van der Waals surface area contributed by atoms with Gasteiger partial charge in [-0.05, 0) is 24.0 Å². The predicted molar refractivity (Wildman–Crippen MR) is 73.4 cm³/mol. The quantitative estimate of drug-likeness (QED) is 0.466. The molecule has 0 fully saturated rings. The van der Waals surface area contributed by atoms with Gasteiger partial charge >= 0.3 is 11.9 Å². The van der Waals surface area contributed by atoms with E-state index in [1.807, 2.05) is 24.3 Å². The Morgan fingerprint density at radius 1 is 1.15 bits per heavy atom. The Labute approximate surface area is 117 Å². The number of hydroxylamine groups is 1. The van der Waals surface area contributed by atoms with E-state index in [1.54, 1.807) is 0 Å². The Morgan fingerprint density at radius 3 is 2.45 bits per heavy atom. The average Bonchev–Trinajstić information content (AvgIpc) is 2.44. The van der Waals surface area contributed by atoms with Crippen molar-refractivity contribution in [1.29, 1.82) is 0 Å². The number of carboxylic acid groups (broad SMARTS) is 1. The molecule has 0 spiro atoms. The first-order valence-corrected chi connectivity index (χ1v) is 6.54. The van der Waals surface area contributed by atoms with Crippen LogP contribution in [0.3, 0.4) is 0 Å². The van der Waals surface area contributed by atoms with Gasteiger partial charge in [-0.2, -0.15) is 0 Å². The Kier molecular flexibility index (Phi) is 7.31. The van der Waals surface area contributed by atoms with Crippen LogP contribution in [0.4, 0.5) is 0 Å². The predicted octanol–water partition coefficient (Wildman–Crippen LogP) is 1.34. The maximum atomic E-state index is 11.4. The highest BCUT2D eigenvalue weighted by atomic mass is 16.7. The highest BCUT2D eigenvalue weighted by Crippen LogP contribution is 2.07. The summed E-state index contributed by atoms with van der Waals surface area (Å²) in [6.45, 7) is 0.829. The number of carbonyl (C=O) groups excluding carboxylic acids is 1. The maximum absolute atomic E-state index is 11.4. The molecular weight excluding hydrogens is 260 g/mol. The normalized spacial score (nSPS) is 10.2.